The molecule has 35 heavy (non-hydrogen) atoms. The number of benzene rings is 1. The number of rotatable bonds is 9. The van der Waals surface area contributed by atoms with Crippen LogP contribution in [0.3, 0.4) is 0 Å². The molecule has 0 unspecified atom stereocenters. The van der Waals surface area contributed by atoms with Crippen molar-refractivity contribution in [1.29, 1.82) is 0 Å². The summed E-state index contributed by atoms with van der Waals surface area (Å²) in [5.74, 6) is 0.729. The lowest BCUT2D eigenvalue weighted by molar-refractivity contribution is -0.144. The van der Waals surface area contributed by atoms with Crippen LogP contribution in [-0.2, 0) is 20.9 Å². The number of amides is 2. The quantitative estimate of drug-likeness (QED) is 0.492. The highest BCUT2D eigenvalue weighted by Gasteiger charge is 2.53. The molecule has 2 fully saturated rings. The SMILES string of the molecule is COCC(=O)N[C@H]1CC[C@]2(C)CC[C@H]([C@H](C)C(=O)NCc3ccc(OC)c(OC)c3)[C@H](O)[C@H]2[C@@H]1C. The highest BCUT2D eigenvalue weighted by atomic mass is 16.5. The third-order valence-electron chi connectivity index (χ3n) is 8.48. The van der Waals surface area contributed by atoms with E-state index in [0.29, 0.717) is 18.0 Å². The van der Waals surface area contributed by atoms with Crippen molar-refractivity contribution in [2.24, 2.45) is 29.1 Å². The molecule has 2 amide bonds. The second-order valence-corrected chi connectivity index (χ2v) is 10.6. The van der Waals surface area contributed by atoms with Crippen LogP contribution < -0.4 is 20.1 Å². The Labute approximate surface area is 209 Å². The monoisotopic (exact) mass is 490 g/mol. The lowest BCUT2D eigenvalue weighted by Crippen LogP contribution is -2.58. The summed E-state index contributed by atoms with van der Waals surface area (Å²) >= 11 is 0. The number of hydrogen-bond acceptors (Lipinski definition) is 6. The van der Waals surface area contributed by atoms with E-state index in [-0.39, 0.29) is 53.5 Å². The van der Waals surface area contributed by atoms with Crippen LogP contribution in [-0.4, -0.2) is 57.0 Å². The smallest absolute Gasteiger partial charge is 0.246 e. The molecule has 2 saturated carbocycles. The minimum Gasteiger partial charge on any atom is -0.493 e. The molecular formula is C27H42N2O6. The van der Waals surface area contributed by atoms with E-state index in [2.05, 4.69) is 24.5 Å². The predicted molar refractivity (Wildman–Crippen MR) is 133 cm³/mol. The molecule has 1 aromatic carbocycles. The third-order valence-corrected chi connectivity index (χ3v) is 8.48. The van der Waals surface area contributed by atoms with Crippen molar-refractivity contribution >= 4 is 11.8 Å². The highest BCUT2D eigenvalue weighted by Crippen LogP contribution is 2.55. The van der Waals surface area contributed by atoms with E-state index in [1.807, 2.05) is 25.1 Å². The average Bonchev–Trinajstić information content (AvgIpc) is 2.84. The molecule has 8 nitrogen and oxygen atoms in total. The van der Waals surface area contributed by atoms with Gasteiger partial charge in [0.25, 0.3) is 0 Å². The van der Waals surface area contributed by atoms with E-state index in [1.54, 1.807) is 14.2 Å². The number of carbonyl (C=O) groups is 2. The number of methoxy groups -OCH3 is 3. The van der Waals surface area contributed by atoms with E-state index in [9.17, 15) is 14.7 Å². The van der Waals surface area contributed by atoms with Crippen molar-refractivity contribution in [2.45, 2.75) is 65.1 Å². The van der Waals surface area contributed by atoms with Crippen LogP contribution in [0.5, 0.6) is 11.5 Å². The fraction of sp³-hybridized carbons (Fsp3) is 0.704. The number of aliphatic hydroxyl groups excluding tert-OH is 1. The molecule has 0 aromatic heterocycles. The van der Waals surface area contributed by atoms with Gasteiger partial charge in [-0.15, -0.1) is 0 Å². The first-order chi connectivity index (χ1) is 16.6. The van der Waals surface area contributed by atoms with E-state index in [0.717, 1.165) is 31.2 Å². The second kappa shape index (κ2) is 11.6. The van der Waals surface area contributed by atoms with Crippen LogP contribution in [0.15, 0.2) is 18.2 Å². The van der Waals surface area contributed by atoms with E-state index < -0.39 is 6.10 Å². The number of carbonyl (C=O) groups excluding carboxylic acids is 2. The molecule has 196 valence electrons. The molecule has 0 radical (unpaired) electrons. The zero-order valence-corrected chi connectivity index (χ0v) is 21.9. The molecular weight excluding hydrogens is 448 g/mol. The van der Waals surface area contributed by atoms with Crippen LogP contribution in [0.4, 0.5) is 0 Å². The Hall–Kier alpha value is -2.32. The van der Waals surface area contributed by atoms with Crippen LogP contribution in [0.25, 0.3) is 0 Å². The number of aliphatic hydroxyl groups is 1. The Morgan fingerprint density at radius 1 is 1.14 bits per heavy atom. The summed E-state index contributed by atoms with van der Waals surface area (Å²) in [4.78, 5) is 25.2. The van der Waals surface area contributed by atoms with Crippen molar-refractivity contribution in [1.82, 2.24) is 10.6 Å². The van der Waals surface area contributed by atoms with Gasteiger partial charge in [0.1, 0.15) is 6.61 Å². The highest BCUT2D eigenvalue weighted by molar-refractivity contribution is 5.79. The first-order valence-corrected chi connectivity index (χ1v) is 12.6. The molecule has 2 aliphatic carbocycles. The molecule has 0 saturated heterocycles. The van der Waals surface area contributed by atoms with E-state index in [4.69, 9.17) is 14.2 Å². The van der Waals surface area contributed by atoms with Crippen LogP contribution in [0.2, 0.25) is 0 Å². The summed E-state index contributed by atoms with van der Waals surface area (Å²) in [6, 6.07) is 5.57. The van der Waals surface area contributed by atoms with Crippen LogP contribution in [0.1, 0.15) is 52.0 Å². The molecule has 7 atom stereocenters. The fourth-order valence-corrected chi connectivity index (χ4v) is 6.41. The topological polar surface area (TPSA) is 106 Å². The minimum atomic E-state index is -0.604. The molecule has 2 aliphatic rings. The van der Waals surface area contributed by atoms with Crippen LogP contribution in [0, 0.1) is 29.1 Å². The molecule has 0 spiro atoms. The van der Waals surface area contributed by atoms with Gasteiger partial charge in [-0.2, -0.15) is 0 Å². The lowest BCUT2D eigenvalue weighted by atomic mass is 9.51. The van der Waals surface area contributed by atoms with Crippen LogP contribution >= 0.6 is 0 Å². The van der Waals surface area contributed by atoms with Gasteiger partial charge in [-0.25, -0.2) is 0 Å². The Morgan fingerprint density at radius 2 is 1.83 bits per heavy atom. The van der Waals surface area contributed by atoms with Gasteiger partial charge in [0.05, 0.1) is 20.3 Å². The van der Waals surface area contributed by atoms with Gasteiger partial charge >= 0.3 is 0 Å². The van der Waals surface area contributed by atoms with Gasteiger partial charge in [0.2, 0.25) is 11.8 Å². The molecule has 3 rings (SSSR count). The van der Waals surface area contributed by atoms with Gasteiger partial charge in [-0.05, 0) is 66.5 Å². The van der Waals surface area contributed by atoms with Crippen molar-refractivity contribution in [3.8, 4) is 11.5 Å². The fourth-order valence-electron chi connectivity index (χ4n) is 6.41. The van der Waals surface area contributed by atoms with Gasteiger partial charge in [-0.1, -0.05) is 26.8 Å². The van der Waals surface area contributed by atoms with E-state index >= 15 is 0 Å². The largest absolute Gasteiger partial charge is 0.493 e. The standard InChI is InChI=1S/C27H42N2O6/c1-16(26(32)28-14-18-7-8-21(34-5)22(13-18)35-6)19-9-11-27(3)12-10-20(29-23(30)15-33-4)17(2)24(27)25(19)31/h7-8,13,16-17,19-20,24-25,31H,9-12,14-15H2,1-6H3,(H,28,32)(H,29,30)/t16-,17+,19+,20-,24+,25-,27-/m0/s1. The zero-order valence-electron chi connectivity index (χ0n) is 21.9. The summed E-state index contributed by atoms with van der Waals surface area (Å²) in [5, 5.41) is 17.7. The average molecular weight is 491 g/mol. The zero-order chi connectivity index (χ0) is 25.8. The molecule has 1 aromatic rings. The second-order valence-electron chi connectivity index (χ2n) is 10.6. The van der Waals surface area contributed by atoms with Crippen molar-refractivity contribution in [3.05, 3.63) is 23.8 Å². The maximum atomic E-state index is 13.1. The maximum Gasteiger partial charge on any atom is 0.246 e. The number of ether oxygens (including phenoxy) is 3. The Morgan fingerprint density at radius 3 is 2.49 bits per heavy atom. The van der Waals surface area contributed by atoms with Gasteiger partial charge in [-0.3, -0.25) is 9.59 Å². The summed E-state index contributed by atoms with van der Waals surface area (Å²) < 4.78 is 15.6. The van der Waals surface area contributed by atoms with E-state index in [1.165, 1.54) is 7.11 Å². The maximum absolute atomic E-state index is 13.1. The predicted octanol–water partition coefficient (Wildman–Crippen LogP) is 2.91. The molecule has 0 aliphatic heterocycles. The first kappa shape index (κ1) is 27.3. The van der Waals surface area contributed by atoms with Crippen molar-refractivity contribution < 1.29 is 28.9 Å². The molecule has 3 N–H and O–H groups in total. The normalized spacial score (nSPS) is 31.1. The molecule has 0 heterocycles. The van der Waals surface area contributed by atoms with Gasteiger partial charge < -0.3 is 30.0 Å². The summed E-state index contributed by atoms with van der Waals surface area (Å²) in [5.41, 5.74) is 0.920. The van der Waals surface area contributed by atoms with Crippen molar-refractivity contribution in [2.75, 3.05) is 27.9 Å². The Balaban J connectivity index is 1.65. The number of nitrogens with one attached hydrogen (secondary N) is 2. The Bertz CT molecular complexity index is 892. The first-order valence-electron chi connectivity index (χ1n) is 12.6. The van der Waals surface area contributed by atoms with Crippen molar-refractivity contribution in [3.63, 3.8) is 0 Å². The summed E-state index contributed by atoms with van der Waals surface area (Å²) in [6.45, 7) is 6.69. The molecule has 8 heteroatoms. The third kappa shape index (κ3) is 5.92. The minimum absolute atomic E-state index is 0.00156. The molecule has 0 bridgehead atoms. The number of fused-ring (bicyclic) bond motifs is 1. The number of hydrogen-bond donors (Lipinski definition) is 3. The van der Waals surface area contributed by atoms with Gasteiger partial charge in [0.15, 0.2) is 11.5 Å². The van der Waals surface area contributed by atoms with Gasteiger partial charge in [0, 0.05) is 25.6 Å². The Kier molecular flexibility index (Phi) is 9.05. The summed E-state index contributed by atoms with van der Waals surface area (Å²) in [7, 11) is 4.68. The lowest BCUT2D eigenvalue weighted by Gasteiger charge is -2.56. The summed E-state index contributed by atoms with van der Waals surface area (Å²) in [6.07, 6.45) is 3.02.